The van der Waals surface area contributed by atoms with Gasteiger partial charge in [0.1, 0.15) is 24.2 Å². The summed E-state index contributed by atoms with van der Waals surface area (Å²) in [5.74, 6) is 1.56. The van der Waals surface area contributed by atoms with Gasteiger partial charge in [-0.1, -0.05) is 0 Å². The lowest BCUT2D eigenvalue weighted by Gasteiger charge is -2.18. The van der Waals surface area contributed by atoms with Gasteiger partial charge < -0.3 is 9.73 Å². The highest BCUT2D eigenvalue weighted by Gasteiger charge is 2.18. The number of anilines is 1. The molecule has 0 saturated heterocycles. The predicted molar refractivity (Wildman–Crippen MR) is 94.4 cm³/mol. The number of aryl methyl sites for hydroxylation is 1. The second kappa shape index (κ2) is 7.31. The van der Waals surface area contributed by atoms with Crippen molar-refractivity contribution in [2.75, 3.05) is 5.32 Å². The quantitative estimate of drug-likeness (QED) is 0.721. The maximum absolute atomic E-state index is 12.4. The van der Waals surface area contributed by atoms with Gasteiger partial charge in [-0.25, -0.2) is 9.67 Å². The van der Waals surface area contributed by atoms with E-state index >= 15 is 0 Å². The first-order chi connectivity index (χ1) is 12.0. The number of carbonyl (C=O) groups is 1. The van der Waals surface area contributed by atoms with E-state index in [1.165, 1.54) is 6.33 Å². The lowest BCUT2D eigenvalue weighted by molar-refractivity contribution is -0.118. The Labute approximate surface area is 146 Å². The van der Waals surface area contributed by atoms with E-state index in [0.29, 0.717) is 0 Å². The minimum atomic E-state index is -0.365. The van der Waals surface area contributed by atoms with Gasteiger partial charge in [-0.15, -0.1) is 0 Å². The molecule has 0 radical (unpaired) electrons. The maximum Gasteiger partial charge on any atom is 0.241 e. The fraction of sp³-hybridized carbons (Fsp3) is 0.278. The van der Waals surface area contributed by atoms with Crippen LogP contribution in [0.4, 0.5) is 5.69 Å². The normalized spacial score (nSPS) is 13.4. The lowest BCUT2D eigenvalue weighted by atomic mass is 10.2. The van der Waals surface area contributed by atoms with Crippen LogP contribution in [-0.4, -0.2) is 26.7 Å². The number of aromatic nitrogens is 3. The lowest BCUT2D eigenvalue weighted by Crippen LogP contribution is -2.39. The summed E-state index contributed by atoms with van der Waals surface area (Å²) < 4.78 is 7.24. The number of amides is 1. The molecular weight excluding hydrogens is 318 g/mol. The minimum Gasteiger partial charge on any atom is -0.465 e. The van der Waals surface area contributed by atoms with Gasteiger partial charge in [0.15, 0.2) is 0 Å². The van der Waals surface area contributed by atoms with Crippen molar-refractivity contribution >= 4 is 11.6 Å². The van der Waals surface area contributed by atoms with E-state index in [9.17, 15) is 4.79 Å². The van der Waals surface area contributed by atoms with Gasteiger partial charge >= 0.3 is 0 Å². The number of furan rings is 1. The zero-order chi connectivity index (χ0) is 17.8. The molecule has 3 aromatic rings. The maximum atomic E-state index is 12.4. The average Bonchev–Trinajstić information content (AvgIpc) is 3.27. The van der Waals surface area contributed by atoms with Crippen LogP contribution in [-0.2, 0) is 4.79 Å². The number of nitrogens with one attached hydrogen (secondary N) is 2. The summed E-state index contributed by atoms with van der Waals surface area (Å²) in [6.45, 7) is 5.69. The molecule has 7 heteroatoms. The van der Waals surface area contributed by atoms with Gasteiger partial charge in [-0.05, 0) is 57.2 Å². The zero-order valence-electron chi connectivity index (χ0n) is 14.4. The van der Waals surface area contributed by atoms with Gasteiger partial charge in [0.25, 0.3) is 0 Å². The van der Waals surface area contributed by atoms with E-state index in [1.807, 2.05) is 57.2 Å². The van der Waals surface area contributed by atoms with Crippen molar-refractivity contribution in [3.8, 4) is 5.69 Å². The van der Waals surface area contributed by atoms with Crippen LogP contribution in [0.3, 0.4) is 0 Å². The molecule has 25 heavy (non-hydrogen) atoms. The fourth-order valence-electron chi connectivity index (χ4n) is 2.51. The largest absolute Gasteiger partial charge is 0.465 e. The number of hydrogen-bond donors (Lipinski definition) is 2. The van der Waals surface area contributed by atoms with E-state index in [0.717, 1.165) is 22.9 Å². The molecule has 1 aromatic carbocycles. The number of nitrogens with zero attached hydrogens (tertiary/aromatic N) is 3. The third-order valence-corrected chi connectivity index (χ3v) is 3.90. The third-order valence-electron chi connectivity index (χ3n) is 3.90. The topological polar surface area (TPSA) is 85.0 Å². The average molecular weight is 339 g/mol. The highest BCUT2D eigenvalue weighted by Crippen LogP contribution is 2.17. The van der Waals surface area contributed by atoms with Gasteiger partial charge in [-0.3, -0.25) is 10.1 Å². The molecule has 1 amide bonds. The second-order valence-electron chi connectivity index (χ2n) is 5.93. The van der Waals surface area contributed by atoms with Crippen molar-refractivity contribution in [1.29, 1.82) is 0 Å². The molecule has 0 bridgehead atoms. The molecule has 7 nitrogen and oxygen atoms in total. The SMILES string of the molecule is Cc1ccc([C@@H](C)N[C@@H](C)C(=O)Nc2ccc(-n3cncn3)cc2)o1. The van der Waals surface area contributed by atoms with Crippen molar-refractivity contribution < 1.29 is 9.21 Å². The Balaban J connectivity index is 1.57. The molecule has 2 atom stereocenters. The molecule has 2 heterocycles. The number of benzene rings is 1. The smallest absolute Gasteiger partial charge is 0.241 e. The molecule has 2 N–H and O–H groups in total. The van der Waals surface area contributed by atoms with E-state index in [4.69, 9.17) is 4.42 Å². The highest BCUT2D eigenvalue weighted by atomic mass is 16.3. The fourth-order valence-corrected chi connectivity index (χ4v) is 2.51. The predicted octanol–water partition coefficient (Wildman–Crippen LogP) is 2.85. The molecule has 2 aromatic heterocycles. The second-order valence-corrected chi connectivity index (χ2v) is 5.93. The molecule has 130 valence electrons. The summed E-state index contributed by atoms with van der Waals surface area (Å²) in [7, 11) is 0. The molecule has 0 fully saturated rings. The molecule has 0 aliphatic heterocycles. The van der Waals surface area contributed by atoms with Gasteiger partial charge in [0.2, 0.25) is 5.91 Å². The summed E-state index contributed by atoms with van der Waals surface area (Å²) in [5, 5.41) is 10.2. The standard InChI is InChI=1S/C18H21N5O2/c1-12-4-9-17(25-12)13(2)21-14(3)18(24)22-15-5-7-16(8-6-15)23-11-19-10-20-23/h4-11,13-14,21H,1-3H3,(H,22,24)/t13-,14+/m1/s1. The highest BCUT2D eigenvalue weighted by molar-refractivity contribution is 5.94. The van der Waals surface area contributed by atoms with Gasteiger partial charge in [0.05, 0.1) is 17.8 Å². The Hall–Kier alpha value is -2.93. The summed E-state index contributed by atoms with van der Waals surface area (Å²) >= 11 is 0. The molecule has 3 rings (SSSR count). The summed E-state index contributed by atoms with van der Waals surface area (Å²) in [6.07, 6.45) is 3.10. The Morgan fingerprint density at radius 3 is 2.52 bits per heavy atom. The molecular formula is C18H21N5O2. The summed E-state index contributed by atoms with van der Waals surface area (Å²) in [6, 6.07) is 10.8. The van der Waals surface area contributed by atoms with Crippen molar-refractivity contribution in [3.05, 3.63) is 60.6 Å². The Morgan fingerprint density at radius 1 is 1.16 bits per heavy atom. The Bertz CT molecular complexity index is 824. The Kier molecular flexibility index (Phi) is 4.95. The number of hydrogen-bond acceptors (Lipinski definition) is 5. The van der Waals surface area contributed by atoms with Crippen LogP contribution in [0.5, 0.6) is 0 Å². The van der Waals surface area contributed by atoms with Crippen molar-refractivity contribution in [3.63, 3.8) is 0 Å². The van der Waals surface area contributed by atoms with Crippen LogP contribution in [0.25, 0.3) is 5.69 Å². The minimum absolute atomic E-state index is 0.0517. The van der Waals surface area contributed by atoms with Crippen LogP contribution in [0.15, 0.2) is 53.5 Å². The first-order valence-electron chi connectivity index (χ1n) is 8.11. The number of rotatable bonds is 6. The zero-order valence-corrected chi connectivity index (χ0v) is 14.4. The number of carbonyl (C=O) groups excluding carboxylic acids is 1. The van der Waals surface area contributed by atoms with Crippen LogP contribution in [0.1, 0.15) is 31.4 Å². The van der Waals surface area contributed by atoms with Crippen molar-refractivity contribution in [1.82, 2.24) is 20.1 Å². The first-order valence-corrected chi connectivity index (χ1v) is 8.11. The molecule has 0 spiro atoms. The Morgan fingerprint density at radius 2 is 1.92 bits per heavy atom. The molecule has 0 unspecified atom stereocenters. The first kappa shape index (κ1) is 16.9. The van der Waals surface area contributed by atoms with Gasteiger partial charge in [0, 0.05) is 5.69 Å². The van der Waals surface area contributed by atoms with E-state index < -0.39 is 0 Å². The van der Waals surface area contributed by atoms with Crippen LogP contribution in [0, 0.1) is 6.92 Å². The van der Waals surface area contributed by atoms with E-state index in [1.54, 1.807) is 11.0 Å². The molecule has 0 saturated carbocycles. The monoisotopic (exact) mass is 339 g/mol. The van der Waals surface area contributed by atoms with E-state index in [-0.39, 0.29) is 18.0 Å². The van der Waals surface area contributed by atoms with E-state index in [2.05, 4.69) is 20.7 Å². The molecule has 0 aliphatic rings. The van der Waals surface area contributed by atoms with Crippen LogP contribution < -0.4 is 10.6 Å². The van der Waals surface area contributed by atoms with Crippen molar-refractivity contribution in [2.24, 2.45) is 0 Å². The summed E-state index contributed by atoms with van der Waals surface area (Å²) in [4.78, 5) is 16.3. The van der Waals surface area contributed by atoms with Crippen LogP contribution >= 0.6 is 0 Å². The van der Waals surface area contributed by atoms with Gasteiger partial charge in [-0.2, -0.15) is 5.10 Å². The van der Waals surface area contributed by atoms with Crippen LogP contribution in [0.2, 0.25) is 0 Å². The molecule has 0 aliphatic carbocycles. The summed E-state index contributed by atoms with van der Waals surface area (Å²) in [5.41, 5.74) is 1.60. The third kappa shape index (κ3) is 4.13. The van der Waals surface area contributed by atoms with Crippen molar-refractivity contribution in [2.45, 2.75) is 32.9 Å².